The van der Waals surface area contributed by atoms with Crippen molar-refractivity contribution in [3.05, 3.63) is 0 Å². The maximum absolute atomic E-state index is 12.2. The predicted octanol–water partition coefficient (Wildman–Crippen LogP) is 4.21. The third-order valence-corrected chi connectivity index (χ3v) is 3.52. The molecule has 1 amide bonds. The van der Waals surface area contributed by atoms with E-state index in [4.69, 9.17) is 4.74 Å². The first kappa shape index (κ1) is 15.3. The van der Waals surface area contributed by atoms with E-state index in [-0.39, 0.29) is 6.09 Å². The summed E-state index contributed by atoms with van der Waals surface area (Å²) >= 11 is 0. The highest BCUT2D eigenvalue weighted by Crippen LogP contribution is 2.28. The average Bonchev–Trinajstić information content (AvgIpc) is 2.25. The zero-order chi connectivity index (χ0) is 13.8. The summed E-state index contributed by atoms with van der Waals surface area (Å²) in [4.78, 5) is 14.2. The second-order valence-electron chi connectivity index (χ2n) is 6.59. The maximum atomic E-state index is 12.2. The van der Waals surface area contributed by atoms with Gasteiger partial charge in [0, 0.05) is 12.6 Å². The van der Waals surface area contributed by atoms with E-state index in [9.17, 15) is 4.79 Å². The van der Waals surface area contributed by atoms with Gasteiger partial charge in [-0.3, -0.25) is 0 Å². The Hall–Kier alpha value is -0.730. The van der Waals surface area contributed by atoms with Crippen molar-refractivity contribution in [1.29, 1.82) is 0 Å². The predicted molar refractivity (Wildman–Crippen MR) is 74.7 cm³/mol. The number of ether oxygens (including phenoxy) is 1. The summed E-state index contributed by atoms with van der Waals surface area (Å²) in [6.07, 6.45) is 5.57. The smallest absolute Gasteiger partial charge is 0.410 e. The van der Waals surface area contributed by atoms with Crippen LogP contribution in [0.15, 0.2) is 0 Å². The van der Waals surface area contributed by atoms with Crippen LogP contribution in [0.2, 0.25) is 0 Å². The summed E-state index contributed by atoms with van der Waals surface area (Å²) in [6.45, 7) is 11.0. The molecule has 1 aliphatic carbocycles. The van der Waals surface area contributed by atoms with Crippen molar-refractivity contribution in [2.24, 2.45) is 5.92 Å². The van der Waals surface area contributed by atoms with E-state index in [1.165, 1.54) is 12.8 Å². The summed E-state index contributed by atoms with van der Waals surface area (Å²) in [7, 11) is 0. The Morgan fingerprint density at radius 3 is 2.22 bits per heavy atom. The van der Waals surface area contributed by atoms with Gasteiger partial charge in [-0.2, -0.15) is 0 Å². The van der Waals surface area contributed by atoms with E-state index in [2.05, 4.69) is 13.8 Å². The summed E-state index contributed by atoms with van der Waals surface area (Å²) < 4.78 is 5.52. The van der Waals surface area contributed by atoms with Crippen molar-refractivity contribution in [3.8, 4) is 0 Å². The molecule has 0 aromatic carbocycles. The molecular weight excluding hydrogens is 226 g/mol. The van der Waals surface area contributed by atoms with Crippen LogP contribution in [0, 0.1) is 5.92 Å². The highest BCUT2D eigenvalue weighted by Gasteiger charge is 2.30. The molecule has 0 bridgehead atoms. The number of nitrogens with zero attached hydrogens (tertiary/aromatic N) is 1. The number of rotatable bonds is 3. The van der Waals surface area contributed by atoms with Crippen LogP contribution in [-0.2, 0) is 4.74 Å². The van der Waals surface area contributed by atoms with Crippen molar-refractivity contribution in [1.82, 2.24) is 4.90 Å². The van der Waals surface area contributed by atoms with Gasteiger partial charge in [0.25, 0.3) is 0 Å². The van der Waals surface area contributed by atoms with E-state index in [0.717, 1.165) is 31.7 Å². The molecule has 0 aromatic heterocycles. The van der Waals surface area contributed by atoms with Gasteiger partial charge in [0.2, 0.25) is 0 Å². The maximum Gasteiger partial charge on any atom is 0.410 e. The first-order valence-corrected chi connectivity index (χ1v) is 7.33. The Kier molecular flexibility index (Phi) is 5.48. The molecule has 0 heterocycles. The minimum Gasteiger partial charge on any atom is -0.444 e. The van der Waals surface area contributed by atoms with E-state index < -0.39 is 5.60 Å². The van der Waals surface area contributed by atoms with Crippen LogP contribution in [0.5, 0.6) is 0 Å². The molecule has 3 heteroatoms. The highest BCUT2D eigenvalue weighted by molar-refractivity contribution is 5.68. The van der Waals surface area contributed by atoms with Gasteiger partial charge in [-0.05, 0) is 58.8 Å². The lowest BCUT2D eigenvalue weighted by Gasteiger charge is -2.37. The van der Waals surface area contributed by atoms with Crippen molar-refractivity contribution < 1.29 is 9.53 Å². The average molecular weight is 255 g/mol. The van der Waals surface area contributed by atoms with E-state index in [1.54, 1.807) is 0 Å². The largest absolute Gasteiger partial charge is 0.444 e. The van der Waals surface area contributed by atoms with Crippen LogP contribution in [-0.4, -0.2) is 29.2 Å². The molecule has 1 fully saturated rings. The molecule has 1 rings (SSSR count). The summed E-state index contributed by atoms with van der Waals surface area (Å²) in [6, 6.07) is 0.385. The van der Waals surface area contributed by atoms with Gasteiger partial charge in [-0.15, -0.1) is 0 Å². The SMILES string of the molecule is CCCN(C(=O)OC(C)(C)C)C1CCC(C)CC1. The number of amides is 1. The molecule has 106 valence electrons. The highest BCUT2D eigenvalue weighted by atomic mass is 16.6. The van der Waals surface area contributed by atoms with Crippen molar-refractivity contribution in [2.45, 2.75) is 78.4 Å². The van der Waals surface area contributed by atoms with Gasteiger partial charge in [0.1, 0.15) is 5.60 Å². The summed E-state index contributed by atoms with van der Waals surface area (Å²) in [5.74, 6) is 0.809. The molecule has 0 atom stereocenters. The third-order valence-electron chi connectivity index (χ3n) is 3.52. The molecule has 0 aliphatic heterocycles. The standard InChI is InChI=1S/C15H29NO2/c1-6-11-16(14(17)18-15(3,4)5)13-9-7-12(2)8-10-13/h12-13H,6-11H2,1-5H3. The molecule has 1 aliphatic rings. The van der Waals surface area contributed by atoms with Crippen molar-refractivity contribution in [3.63, 3.8) is 0 Å². The van der Waals surface area contributed by atoms with E-state index in [0.29, 0.717) is 6.04 Å². The Morgan fingerprint density at radius 2 is 1.78 bits per heavy atom. The molecular formula is C15H29NO2. The third kappa shape index (κ3) is 4.87. The van der Waals surface area contributed by atoms with Gasteiger partial charge in [0.05, 0.1) is 0 Å². The topological polar surface area (TPSA) is 29.5 Å². The molecule has 18 heavy (non-hydrogen) atoms. The molecule has 3 nitrogen and oxygen atoms in total. The molecule has 0 N–H and O–H groups in total. The van der Waals surface area contributed by atoms with Crippen LogP contribution in [0.4, 0.5) is 4.79 Å². The first-order chi connectivity index (χ1) is 8.33. The molecule has 0 radical (unpaired) electrons. The van der Waals surface area contributed by atoms with Crippen molar-refractivity contribution in [2.75, 3.05) is 6.54 Å². The second kappa shape index (κ2) is 6.44. The van der Waals surface area contributed by atoms with Crippen LogP contribution in [0.25, 0.3) is 0 Å². The molecule has 0 unspecified atom stereocenters. The van der Waals surface area contributed by atoms with Gasteiger partial charge >= 0.3 is 6.09 Å². The Morgan fingerprint density at radius 1 is 1.22 bits per heavy atom. The lowest BCUT2D eigenvalue weighted by Crippen LogP contribution is -2.45. The number of hydrogen-bond donors (Lipinski definition) is 0. The lowest BCUT2D eigenvalue weighted by atomic mass is 9.86. The normalized spacial score (nSPS) is 24.7. The minimum atomic E-state index is -0.398. The van der Waals surface area contributed by atoms with Gasteiger partial charge in [0.15, 0.2) is 0 Å². The molecule has 0 saturated heterocycles. The fraction of sp³-hybridized carbons (Fsp3) is 0.933. The Labute approximate surface area is 112 Å². The minimum absolute atomic E-state index is 0.135. The Balaban J connectivity index is 2.61. The first-order valence-electron chi connectivity index (χ1n) is 7.33. The van der Waals surface area contributed by atoms with E-state index >= 15 is 0 Å². The zero-order valence-corrected chi connectivity index (χ0v) is 12.7. The van der Waals surface area contributed by atoms with Gasteiger partial charge in [-0.1, -0.05) is 13.8 Å². The number of carbonyl (C=O) groups is 1. The fourth-order valence-electron chi connectivity index (χ4n) is 2.54. The monoisotopic (exact) mass is 255 g/mol. The molecule has 0 aromatic rings. The van der Waals surface area contributed by atoms with Gasteiger partial charge in [-0.25, -0.2) is 4.79 Å². The lowest BCUT2D eigenvalue weighted by molar-refractivity contribution is 0.0106. The van der Waals surface area contributed by atoms with Crippen molar-refractivity contribution >= 4 is 6.09 Å². The molecule has 0 spiro atoms. The van der Waals surface area contributed by atoms with Crippen LogP contribution >= 0.6 is 0 Å². The van der Waals surface area contributed by atoms with Gasteiger partial charge < -0.3 is 9.64 Å². The summed E-state index contributed by atoms with van der Waals surface area (Å²) in [5.41, 5.74) is -0.398. The zero-order valence-electron chi connectivity index (χ0n) is 12.7. The van der Waals surface area contributed by atoms with Crippen LogP contribution in [0.1, 0.15) is 66.7 Å². The second-order valence-corrected chi connectivity index (χ2v) is 6.59. The van der Waals surface area contributed by atoms with Crippen LogP contribution in [0.3, 0.4) is 0 Å². The van der Waals surface area contributed by atoms with Crippen LogP contribution < -0.4 is 0 Å². The quantitative estimate of drug-likeness (QED) is 0.756. The number of hydrogen-bond acceptors (Lipinski definition) is 2. The Bertz CT molecular complexity index is 262. The summed E-state index contributed by atoms with van der Waals surface area (Å²) in [5, 5.41) is 0. The molecule has 1 saturated carbocycles. The van der Waals surface area contributed by atoms with E-state index in [1.807, 2.05) is 25.7 Å². The fourth-order valence-corrected chi connectivity index (χ4v) is 2.54. The number of carbonyl (C=O) groups excluding carboxylic acids is 1.